The highest BCUT2D eigenvalue weighted by molar-refractivity contribution is 5.35. The third-order valence-corrected chi connectivity index (χ3v) is 5.45. The Labute approximate surface area is 161 Å². The first kappa shape index (κ1) is 22.1. The van der Waals surface area contributed by atoms with Gasteiger partial charge in [0, 0.05) is 38.6 Å². The molecule has 2 atom stereocenters. The Kier molecular flexibility index (Phi) is 7.68. The number of alkyl halides is 3. The minimum atomic E-state index is -4.35. The average molecular weight is 387 g/mol. The second-order valence-electron chi connectivity index (χ2n) is 7.81. The molecule has 0 bridgehead atoms. The summed E-state index contributed by atoms with van der Waals surface area (Å²) in [4.78, 5) is 2.23. The molecule has 1 fully saturated rings. The molecule has 27 heavy (non-hydrogen) atoms. The SMILES string of the molecule is CCCCC1(CN(C)CCNC)CN(C)NC1c1ccccc1C(F)(F)F. The Morgan fingerprint density at radius 1 is 1.33 bits per heavy atom. The van der Waals surface area contributed by atoms with E-state index in [-0.39, 0.29) is 11.5 Å². The number of halogens is 3. The number of nitrogens with one attached hydrogen (secondary N) is 2. The fourth-order valence-corrected chi connectivity index (χ4v) is 4.26. The van der Waals surface area contributed by atoms with Gasteiger partial charge in [0.05, 0.1) is 11.6 Å². The first-order valence-corrected chi connectivity index (χ1v) is 9.70. The second-order valence-corrected chi connectivity index (χ2v) is 7.81. The lowest BCUT2D eigenvalue weighted by Gasteiger charge is -2.38. The van der Waals surface area contributed by atoms with Crippen LogP contribution in [-0.2, 0) is 6.18 Å². The van der Waals surface area contributed by atoms with Gasteiger partial charge >= 0.3 is 6.18 Å². The highest BCUT2D eigenvalue weighted by Gasteiger charge is 2.48. The van der Waals surface area contributed by atoms with E-state index in [4.69, 9.17) is 0 Å². The van der Waals surface area contributed by atoms with Crippen LogP contribution in [0.5, 0.6) is 0 Å². The summed E-state index contributed by atoms with van der Waals surface area (Å²) in [6.45, 7) is 5.33. The maximum absolute atomic E-state index is 13.7. The van der Waals surface area contributed by atoms with Gasteiger partial charge < -0.3 is 10.2 Å². The van der Waals surface area contributed by atoms with Gasteiger partial charge in [-0.15, -0.1) is 0 Å². The van der Waals surface area contributed by atoms with Crippen LogP contribution in [0.1, 0.15) is 43.4 Å². The van der Waals surface area contributed by atoms with Gasteiger partial charge in [-0.25, -0.2) is 10.4 Å². The summed E-state index contributed by atoms with van der Waals surface area (Å²) in [7, 11) is 5.88. The monoisotopic (exact) mass is 386 g/mol. The molecule has 2 N–H and O–H groups in total. The van der Waals surface area contributed by atoms with E-state index in [0.29, 0.717) is 5.56 Å². The van der Waals surface area contributed by atoms with E-state index in [2.05, 4.69) is 29.6 Å². The van der Waals surface area contributed by atoms with Crippen LogP contribution in [-0.4, -0.2) is 57.2 Å². The molecule has 2 unspecified atom stereocenters. The summed E-state index contributed by atoms with van der Waals surface area (Å²) >= 11 is 0. The van der Waals surface area contributed by atoms with E-state index in [1.54, 1.807) is 12.1 Å². The first-order valence-electron chi connectivity index (χ1n) is 9.70. The van der Waals surface area contributed by atoms with Gasteiger partial charge in [-0.05, 0) is 32.1 Å². The van der Waals surface area contributed by atoms with Gasteiger partial charge in [-0.3, -0.25) is 0 Å². The van der Waals surface area contributed by atoms with Crippen molar-refractivity contribution >= 4 is 0 Å². The predicted molar refractivity (Wildman–Crippen MR) is 103 cm³/mol. The van der Waals surface area contributed by atoms with Crippen LogP contribution in [0.4, 0.5) is 13.2 Å². The van der Waals surface area contributed by atoms with Gasteiger partial charge in [-0.2, -0.15) is 13.2 Å². The Morgan fingerprint density at radius 3 is 2.67 bits per heavy atom. The van der Waals surface area contributed by atoms with E-state index in [1.165, 1.54) is 12.1 Å². The quantitative estimate of drug-likeness (QED) is 0.680. The molecule has 2 rings (SSSR count). The number of benzene rings is 1. The molecule has 1 aromatic rings. The van der Waals surface area contributed by atoms with E-state index in [0.717, 1.165) is 45.4 Å². The van der Waals surface area contributed by atoms with Crippen LogP contribution < -0.4 is 10.7 Å². The molecule has 0 spiro atoms. The van der Waals surface area contributed by atoms with E-state index in [1.807, 2.05) is 19.1 Å². The largest absolute Gasteiger partial charge is 0.416 e. The Balaban J connectivity index is 2.42. The topological polar surface area (TPSA) is 30.5 Å². The van der Waals surface area contributed by atoms with Crippen molar-refractivity contribution in [1.29, 1.82) is 0 Å². The summed E-state index contributed by atoms with van der Waals surface area (Å²) in [5, 5.41) is 5.10. The molecule has 0 aromatic heterocycles. The van der Waals surface area contributed by atoms with Crippen LogP contribution in [0.3, 0.4) is 0 Å². The number of hydrogen-bond acceptors (Lipinski definition) is 4. The molecule has 0 amide bonds. The first-order chi connectivity index (χ1) is 12.7. The molecule has 154 valence electrons. The molecule has 1 heterocycles. The van der Waals surface area contributed by atoms with Crippen LogP contribution in [0.2, 0.25) is 0 Å². The standard InChI is InChI=1S/C20H33F3N4/c1-5-6-11-19(14-26(3)13-12-24-2)15-27(4)25-18(19)16-9-7-8-10-17(16)20(21,22)23/h7-10,18,24-25H,5-6,11-15H2,1-4H3. The normalized spacial score (nSPS) is 24.1. The molecule has 1 aliphatic rings. The van der Waals surface area contributed by atoms with Gasteiger partial charge in [0.1, 0.15) is 0 Å². The van der Waals surface area contributed by atoms with Crippen molar-refractivity contribution in [2.24, 2.45) is 5.41 Å². The third kappa shape index (κ3) is 5.44. The number of likely N-dealkylation sites (N-methyl/N-ethyl adjacent to an activating group) is 2. The molecule has 1 saturated heterocycles. The summed E-state index contributed by atoms with van der Waals surface area (Å²) < 4.78 is 41.0. The zero-order valence-electron chi connectivity index (χ0n) is 16.9. The zero-order chi connectivity index (χ0) is 20.1. The van der Waals surface area contributed by atoms with Crippen LogP contribution in [0.15, 0.2) is 24.3 Å². The number of rotatable bonds is 9. The van der Waals surface area contributed by atoms with Crippen molar-refractivity contribution in [3.8, 4) is 0 Å². The van der Waals surface area contributed by atoms with Crippen molar-refractivity contribution < 1.29 is 13.2 Å². The van der Waals surface area contributed by atoms with Gasteiger partial charge in [-0.1, -0.05) is 38.0 Å². The molecule has 4 nitrogen and oxygen atoms in total. The Morgan fingerprint density at radius 2 is 2.04 bits per heavy atom. The summed E-state index contributed by atoms with van der Waals surface area (Å²) in [5.74, 6) is 0. The van der Waals surface area contributed by atoms with Crippen LogP contribution in [0, 0.1) is 5.41 Å². The molecule has 1 aromatic carbocycles. The fraction of sp³-hybridized carbons (Fsp3) is 0.700. The van der Waals surface area contributed by atoms with Crippen molar-refractivity contribution in [1.82, 2.24) is 20.7 Å². The van der Waals surface area contributed by atoms with Crippen molar-refractivity contribution in [2.75, 3.05) is 47.3 Å². The molecular formula is C20H33F3N4. The maximum Gasteiger partial charge on any atom is 0.416 e. The summed E-state index contributed by atoms with van der Waals surface area (Å²) in [6, 6.07) is 5.65. The summed E-state index contributed by atoms with van der Waals surface area (Å²) in [6.07, 6.45) is -1.44. The second kappa shape index (κ2) is 9.37. The Hall–Kier alpha value is -1.15. The zero-order valence-corrected chi connectivity index (χ0v) is 16.9. The van der Waals surface area contributed by atoms with E-state index >= 15 is 0 Å². The molecular weight excluding hydrogens is 353 g/mol. The maximum atomic E-state index is 13.7. The highest BCUT2D eigenvalue weighted by Crippen LogP contribution is 2.47. The molecule has 0 radical (unpaired) electrons. The Bertz CT molecular complexity index is 593. The van der Waals surface area contributed by atoms with Crippen molar-refractivity contribution in [3.63, 3.8) is 0 Å². The van der Waals surface area contributed by atoms with Crippen LogP contribution >= 0.6 is 0 Å². The lowest BCUT2D eigenvalue weighted by Crippen LogP contribution is -2.43. The lowest BCUT2D eigenvalue weighted by atomic mass is 9.73. The van der Waals surface area contributed by atoms with Crippen LogP contribution in [0.25, 0.3) is 0 Å². The van der Waals surface area contributed by atoms with Gasteiger partial charge in [0.2, 0.25) is 0 Å². The molecule has 0 aliphatic carbocycles. The van der Waals surface area contributed by atoms with Crippen molar-refractivity contribution in [2.45, 2.75) is 38.4 Å². The molecule has 0 saturated carbocycles. The number of nitrogens with zero attached hydrogens (tertiary/aromatic N) is 2. The summed E-state index contributed by atoms with van der Waals surface area (Å²) in [5.41, 5.74) is 2.89. The fourth-order valence-electron chi connectivity index (χ4n) is 4.26. The molecule has 1 aliphatic heterocycles. The average Bonchev–Trinajstić information content (AvgIpc) is 2.93. The van der Waals surface area contributed by atoms with Gasteiger partial charge in [0.15, 0.2) is 0 Å². The van der Waals surface area contributed by atoms with Gasteiger partial charge in [0.25, 0.3) is 0 Å². The minimum absolute atomic E-state index is 0.269. The number of unbranched alkanes of at least 4 members (excludes halogenated alkanes) is 1. The minimum Gasteiger partial charge on any atom is -0.318 e. The third-order valence-electron chi connectivity index (χ3n) is 5.45. The van der Waals surface area contributed by atoms with Crippen molar-refractivity contribution in [3.05, 3.63) is 35.4 Å². The molecule has 7 heteroatoms. The number of hydrazine groups is 1. The lowest BCUT2D eigenvalue weighted by molar-refractivity contribution is -0.138. The predicted octanol–water partition coefficient (Wildman–Crippen LogP) is 3.52. The van der Waals surface area contributed by atoms with E-state index < -0.39 is 11.7 Å². The highest BCUT2D eigenvalue weighted by atomic mass is 19.4. The number of hydrogen-bond donors (Lipinski definition) is 2. The van der Waals surface area contributed by atoms with E-state index in [9.17, 15) is 13.2 Å². The smallest absolute Gasteiger partial charge is 0.318 e.